The number of rotatable bonds is 4. The summed E-state index contributed by atoms with van der Waals surface area (Å²) in [5.74, 6) is 0.0418. The maximum absolute atomic E-state index is 13.8. The van der Waals surface area contributed by atoms with Gasteiger partial charge in [0.25, 0.3) is 0 Å². The molecule has 0 spiro atoms. The molecule has 0 bridgehead atoms. The molecule has 0 radical (unpaired) electrons. The van der Waals surface area contributed by atoms with Gasteiger partial charge in [0.15, 0.2) is 23.3 Å². The third-order valence-electron chi connectivity index (χ3n) is 4.06. The molecule has 1 aliphatic carbocycles. The van der Waals surface area contributed by atoms with E-state index in [0.29, 0.717) is 18.4 Å². The summed E-state index contributed by atoms with van der Waals surface area (Å²) in [5.41, 5.74) is 0. The molecule has 0 aliphatic heterocycles. The number of nitrogens with zero attached hydrogens (tertiary/aromatic N) is 1. The Morgan fingerprint density at radius 1 is 1.21 bits per heavy atom. The van der Waals surface area contributed by atoms with E-state index in [-0.39, 0.29) is 17.7 Å². The van der Waals surface area contributed by atoms with Crippen LogP contribution in [0.2, 0.25) is 0 Å². The summed E-state index contributed by atoms with van der Waals surface area (Å²) in [6.07, 6.45) is 2.12. The van der Waals surface area contributed by atoms with Gasteiger partial charge in [0, 0.05) is 18.7 Å². The van der Waals surface area contributed by atoms with E-state index in [9.17, 15) is 8.78 Å². The highest BCUT2D eigenvalue weighted by atomic mass is 19.1. The fraction of sp³-hybridized carbons (Fsp3) is 0.643. The number of halogens is 2. The maximum atomic E-state index is 13.8. The van der Waals surface area contributed by atoms with E-state index in [1.807, 2.05) is 6.92 Å². The lowest BCUT2D eigenvalue weighted by atomic mass is 9.98. The summed E-state index contributed by atoms with van der Waals surface area (Å²) in [6.45, 7) is 6.75. The predicted molar refractivity (Wildman–Crippen MR) is 73.3 cm³/mol. The summed E-state index contributed by atoms with van der Waals surface area (Å²) in [6, 6.07) is 1.09. The highest BCUT2D eigenvalue weighted by Gasteiger charge is 2.30. The van der Waals surface area contributed by atoms with Crippen molar-refractivity contribution < 1.29 is 8.78 Å². The highest BCUT2D eigenvalue weighted by Crippen LogP contribution is 2.33. The molecule has 1 fully saturated rings. The van der Waals surface area contributed by atoms with Crippen molar-refractivity contribution in [2.75, 3.05) is 17.2 Å². The van der Waals surface area contributed by atoms with Crippen LogP contribution in [0.5, 0.6) is 0 Å². The summed E-state index contributed by atoms with van der Waals surface area (Å²) in [7, 11) is 0. The van der Waals surface area contributed by atoms with Crippen LogP contribution < -0.4 is 10.6 Å². The van der Waals surface area contributed by atoms with E-state index in [1.165, 1.54) is 0 Å². The molecule has 1 aliphatic rings. The predicted octanol–water partition coefficient (Wildman–Crippen LogP) is 3.64. The minimum atomic E-state index is -0.655. The molecule has 0 amide bonds. The first-order valence-corrected chi connectivity index (χ1v) is 6.89. The Morgan fingerprint density at radius 2 is 1.89 bits per heavy atom. The lowest BCUT2D eigenvalue weighted by molar-refractivity contribution is 0.433. The zero-order valence-corrected chi connectivity index (χ0v) is 11.6. The second-order valence-corrected chi connectivity index (χ2v) is 5.34. The first-order chi connectivity index (χ1) is 9.02. The van der Waals surface area contributed by atoms with Gasteiger partial charge in [-0.05, 0) is 31.6 Å². The molecule has 5 heteroatoms. The molecule has 3 atom stereocenters. The molecule has 2 N–H and O–H groups in total. The monoisotopic (exact) mass is 269 g/mol. The van der Waals surface area contributed by atoms with E-state index in [0.717, 1.165) is 18.9 Å². The van der Waals surface area contributed by atoms with Gasteiger partial charge in [0.2, 0.25) is 0 Å². The normalized spacial score (nSPS) is 26.5. The summed E-state index contributed by atoms with van der Waals surface area (Å²) >= 11 is 0. The van der Waals surface area contributed by atoms with E-state index in [2.05, 4.69) is 29.5 Å². The van der Waals surface area contributed by atoms with Crippen LogP contribution in [0.15, 0.2) is 6.07 Å². The molecule has 1 saturated carbocycles. The van der Waals surface area contributed by atoms with Crippen molar-refractivity contribution in [2.24, 2.45) is 11.8 Å². The fourth-order valence-electron chi connectivity index (χ4n) is 2.60. The number of nitrogens with one attached hydrogen (secondary N) is 2. The second-order valence-electron chi connectivity index (χ2n) is 5.34. The van der Waals surface area contributed by atoms with E-state index < -0.39 is 11.6 Å². The summed E-state index contributed by atoms with van der Waals surface area (Å²) in [5, 5.41) is 5.92. The first-order valence-electron chi connectivity index (χ1n) is 6.89. The zero-order valence-electron chi connectivity index (χ0n) is 11.6. The minimum absolute atomic E-state index is 0.102. The lowest BCUT2D eigenvalue weighted by Crippen LogP contribution is -2.25. The number of hydrogen-bond donors (Lipinski definition) is 2. The molecular formula is C14H21F2N3. The zero-order chi connectivity index (χ0) is 14.0. The standard InChI is InChI=1S/C14H21F2N3/c1-4-17-13-10(15)7-11(16)14(19-13)18-12-6-5-8(2)9(12)3/h7-9,12H,4-6H2,1-3H3,(H2,17,18,19). The molecule has 2 rings (SSSR count). The third-order valence-corrected chi connectivity index (χ3v) is 4.06. The Hall–Kier alpha value is -1.39. The molecule has 0 saturated heterocycles. The van der Waals surface area contributed by atoms with Gasteiger partial charge in [-0.3, -0.25) is 0 Å². The second kappa shape index (κ2) is 5.72. The van der Waals surface area contributed by atoms with Crippen LogP contribution in [-0.4, -0.2) is 17.6 Å². The molecule has 3 unspecified atom stereocenters. The van der Waals surface area contributed by atoms with Gasteiger partial charge >= 0.3 is 0 Å². The van der Waals surface area contributed by atoms with Crippen molar-refractivity contribution in [3.63, 3.8) is 0 Å². The van der Waals surface area contributed by atoms with E-state index in [1.54, 1.807) is 0 Å². The fourth-order valence-corrected chi connectivity index (χ4v) is 2.60. The van der Waals surface area contributed by atoms with Gasteiger partial charge < -0.3 is 10.6 Å². The van der Waals surface area contributed by atoms with Gasteiger partial charge in [0.1, 0.15) is 0 Å². The van der Waals surface area contributed by atoms with Crippen LogP contribution >= 0.6 is 0 Å². The van der Waals surface area contributed by atoms with Gasteiger partial charge in [-0.15, -0.1) is 0 Å². The lowest BCUT2D eigenvalue weighted by Gasteiger charge is -2.21. The molecule has 1 heterocycles. The number of anilines is 2. The van der Waals surface area contributed by atoms with Crippen LogP contribution in [0, 0.1) is 23.5 Å². The largest absolute Gasteiger partial charge is 0.368 e. The van der Waals surface area contributed by atoms with Crippen LogP contribution in [0.1, 0.15) is 33.6 Å². The number of hydrogen-bond acceptors (Lipinski definition) is 3. The molecule has 1 aromatic heterocycles. The maximum Gasteiger partial charge on any atom is 0.168 e. The van der Waals surface area contributed by atoms with Crippen LogP contribution in [0.3, 0.4) is 0 Å². The first kappa shape index (κ1) is 14.0. The molecule has 3 nitrogen and oxygen atoms in total. The SMILES string of the molecule is CCNc1nc(NC2CCC(C)C2C)c(F)cc1F. The summed E-state index contributed by atoms with van der Waals surface area (Å²) in [4.78, 5) is 4.01. The van der Waals surface area contributed by atoms with Crippen molar-refractivity contribution in [1.29, 1.82) is 0 Å². The molecule has 1 aromatic rings. The Kier molecular flexibility index (Phi) is 4.22. The molecule has 19 heavy (non-hydrogen) atoms. The number of aromatic nitrogens is 1. The van der Waals surface area contributed by atoms with Gasteiger partial charge in [0.05, 0.1) is 0 Å². The highest BCUT2D eigenvalue weighted by molar-refractivity contribution is 5.48. The molecular weight excluding hydrogens is 248 g/mol. The average Bonchev–Trinajstić information content (AvgIpc) is 2.67. The Balaban J connectivity index is 2.18. The van der Waals surface area contributed by atoms with Crippen molar-refractivity contribution in [2.45, 2.75) is 39.7 Å². The van der Waals surface area contributed by atoms with E-state index in [4.69, 9.17) is 0 Å². The van der Waals surface area contributed by atoms with Crippen LogP contribution in [0.25, 0.3) is 0 Å². The van der Waals surface area contributed by atoms with Crippen LogP contribution in [-0.2, 0) is 0 Å². The summed E-state index contributed by atoms with van der Waals surface area (Å²) < 4.78 is 27.2. The Bertz CT molecular complexity index is 451. The van der Waals surface area contributed by atoms with Crippen molar-refractivity contribution >= 4 is 11.6 Å². The third kappa shape index (κ3) is 2.96. The van der Waals surface area contributed by atoms with Crippen LogP contribution in [0.4, 0.5) is 20.4 Å². The number of pyridine rings is 1. The van der Waals surface area contributed by atoms with Gasteiger partial charge in [-0.25, -0.2) is 13.8 Å². The molecule has 0 aromatic carbocycles. The Morgan fingerprint density at radius 3 is 2.47 bits per heavy atom. The van der Waals surface area contributed by atoms with Crippen molar-refractivity contribution in [3.05, 3.63) is 17.7 Å². The average molecular weight is 269 g/mol. The topological polar surface area (TPSA) is 37.0 Å². The van der Waals surface area contributed by atoms with Crippen molar-refractivity contribution in [1.82, 2.24) is 4.98 Å². The molecule has 106 valence electrons. The van der Waals surface area contributed by atoms with E-state index >= 15 is 0 Å². The minimum Gasteiger partial charge on any atom is -0.368 e. The smallest absolute Gasteiger partial charge is 0.168 e. The van der Waals surface area contributed by atoms with Gasteiger partial charge in [-0.1, -0.05) is 13.8 Å². The quantitative estimate of drug-likeness (QED) is 0.876. The van der Waals surface area contributed by atoms with Gasteiger partial charge in [-0.2, -0.15) is 0 Å². The van der Waals surface area contributed by atoms with Crippen molar-refractivity contribution in [3.8, 4) is 0 Å². The Labute approximate surface area is 112 Å².